The third-order valence-corrected chi connectivity index (χ3v) is 2.58. The number of carbonyl (C=O) groups excluding carboxylic acids is 1. The van der Waals surface area contributed by atoms with Crippen LogP contribution in [0.3, 0.4) is 0 Å². The number of hydrogen-bond acceptors (Lipinski definition) is 2. The molecule has 0 aromatic heterocycles. The molecule has 0 radical (unpaired) electrons. The molecule has 1 aromatic carbocycles. The summed E-state index contributed by atoms with van der Waals surface area (Å²) in [6.45, 7) is 5.79. The zero-order valence-corrected chi connectivity index (χ0v) is 11.9. The lowest BCUT2D eigenvalue weighted by molar-refractivity contribution is -0.129. The summed E-state index contributed by atoms with van der Waals surface area (Å²) in [7, 11) is 0. The molecule has 0 saturated heterocycles. The molecule has 1 rings (SSSR count). The van der Waals surface area contributed by atoms with Crippen LogP contribution in [0.15, 0.2) is 41.5 Å². The molecule has 0 bridgehead atoms. The van der Waals surface area contributed by atoms with E-state index in [1.165, 1.54) is 23.8 Å². The van der Waals surface area contributed by atoms with E-state index in [1.807, 2.05) is 13.8 Å². The van der Waals surface area contributed by atoms with Gasteiger partial charge >= 0.3 is 5.97 Å². The molecule has 0 spiro atoms. The Hall–Kier alpha value is -1.97. The van der Waals surface area contributed by atoms with Gasteiger partial charge in [0.15, 0.2) is 11.6 Å². The van der Waals surface area contributed by atoms with Crippen molar-refractivity contribution < 1.29 is 18.3 Å². The zero-order valence-electron chi connectivity index (χ0n) is 11.9. The molecule has 1 aromatic rings. The molecule has 0 amide bonds. The van der Waals surface area contributed by atoms with E-state index < -0.39 is 23.4 Å². The molecule has 108 valence electrons. The first-order chi connectivity index (χ1) is 9.40. The van der Waals surface area contributed by atoms with E-state index in [0.717, 1.165) is 18.1 Å². The SMILES string of the molecule is CC(C)=CCC/C(C)=C/C(=O)Oc1cccc(F)c1F. The molecule has 0 fully saturated rings. The van der Waals surface area contributed by atoms with Gasteiger partial charge in [-0.1, -0.05) is 23.3 Å². The minimum Gasteiger partial charge on any atom is -0.420 e. The van der Waals surface area contributed by atoms with Crippen molar-refractivity contribution in [3.8, 4) is 5.75 Å². The third kappa shape index (κ3) is 5.34. The largest absolute Gasteiger partial charge is 0.420 e. The molecule has 2 nitrogen and oxygen atoms in total. The Bertz CT molecular complexity index is 541. The molecule has 0 unspecified atom stereocenters. The van der Waals surface area contributed by atoms with E-state index in [2.05, 4.69) is 6.08 Å². The van der Waals surface area contributed by atoms with Crippen LogP contribution >= 0.6 is 0 Å². The Morgan fingerprint density at radius 3 is 2.60 bits per heavy atom. The Morgan fingerprint density at radius 2 is 1.95 bits per heavy atom. The summed E-state index contributed by atoms with van der Waals surface area (Å²) in [5, 5.41) is 0. The average molecular weight is 280 g/mol. The predicted molar refractivity (Wildman–Crippen MR) is 74.4 cm³/mol. The third-order valence-electron chi connectivity index (χ3n) is 2.58. The van der Waals surface area contributed by atoms with E-state index in [-0.39, 0.29) is 0 Å². The molecule has 0 heterocycles. The Balaban J connectivity index is 2.62. The summed E-state index contributed by atoms with van der Waals surface area (Å²) in [6, 6.07) is 3.46. The van der Waals surface area contributed by atoms with Crippen molar-refractivity contribution in [3.63, 3.8) is 0 Å². The van der Waals surface area contributed by atoms with Gasteiger partial charge in [0, 0.05) is 6.08 Å². The summed E-state index contributed by atoms with van der Waals surface area (Å²) in [6.07, 6.45) is 4.90. The van der Waals surface area contributed by atoms with Gasteiger partial charge in [-0.25, -0.2) is 9.18 Å². The molecule has 0 aliphatic heterocycles. The van der Waals surface area contributed by atoms with E-state index in [1.54, 1.807) is 6.92 Å². The van der Waals surface area contributed by atoms with Crippen LogP contribution in [-0.4, -0.2) is 5.97 Å². The highest BCUT2D eigenvalue weighted by Crippen LogP contribution is 2.19. The first-order valence-corrected chi connectivity index (χ1v) is 6.36. The van der Waals surface area contributed by atoms with Gasteiger partial charge in [0.1, 0.15) is 0 Å². The van der Waals surface area contributed by atoms with Crippen molar-refractivity contribution in [1.82, 2.24) is 0 Å². The van der Waals surface area contributed by atoms with Crippen LogP contribution in [0.1, 0.15) is 33.6 Å². The number of allylic oxidation sites excluding steroid dienone is 3. The molecule has 4 heteroatoms. The fourth-order valence-corrected chi connectivity index (χ4v) is 1.56. The lowest BCUT2D eigenvalue weighted by Gasteiger charge is -2.04. The van der Waals surface area contributed by atoms with E-state index >= 15 is 0 Å². The van der Waals surface area contributed by atoms with Crippen molar-refractivity contribution in [3.05, 3.63) is 53.1 Å². The number of halogens is 2. The number of ether oxygens (including phenoxy) is 1. The van der Waals surface area contributed by atoms with Crippen LogP contribution in [0.4, 0.5) is 8.78 Å². The smallest absolute Gasteiger partial charge is 0.336 e. The summed E-state index contributed by atoms with van der Waals surface area (Å²) >= 11 is 0. The summed E-state index contributed by atoms with van der Waals surface area (Å²) < 4.78 is 31.0. The van der Waals surface area contributed by atoms with Gasteiger partial charge in [0.2, 0.25) is 5.82 Å². The molecule has 0 N–H and O–H groups in total. The van der Waals surface area contributed by atoms with Gasteiger partial charge in [-0.05, 0) is 45.7 Å². The molecule has 0 aliphatic carbocycles. The van der Waals surface area contributed by atoms with Gasteiger partial charge in [-0.2, -0.15) is 4.39 Å². The maximum atomic E-state index is 13.3. The minimum absolute atomic E-state index is 0.400. The van der Waals surface area contributed by atoms with Crippen molar-refractivity contribution in [1.29, 1.82) is 0 Å². The molecule has 0 aliphatic rings. The van der Waals surface area contributed by atoms with Gasteiger partial charge in [0.25, 0.3) is 0 Å². The first kappa shape index (κ1) is 16.1. The van der Waals surface area contributed by atoms with Crippen molar-refractivity contribution in [2.45, 2.75) is 33.6 Å². The molecule has 20 heavy (non-hydrogen) atoms. The zero-order chi connectivity index (χ0) is 15.1. The second-order valence-corrected chi connectivity index (χ2v) is 4.78. The van der Waals surface area contributed by atoms with Crippen LogP contribution < -0.4 is 4.74 Å². The number of esters is 1. The summed E-state index contributed by atoms with van der Waals surface area (Å²) in [5.74, 6) is -3.30. The summed E-state index contributed by atoms with van der Waals surface area (Å²) in [5.41, 5.74) is 2.03. The van der Waals surface area contributed by atoms with Gasteiger partial charge < -0.3 is 4.74 Å². The number of rotatable bonds is 5. The fraction of sp³-hybridized carbons (Fsp3) is 0.312. The van der Waals surface area contributed by atoms with Crippen molar-refractivity contribution >= 4 is 5.97 Å². The Labute approximate surface area is 117 Å². The minimum atomic E-state index is -1.16. The molecule has 0 saturated carbocycles. The van der Waals surface area contributed by atoms with Crippen LogP contribution in [-0.2, 0) is 4.79 Å². The van der Waals surface area contributed by atoms with Gasteiger partial charge in [0.05, 0.1) is 0 Å². The number of benzene rings is 1. The van der Waals surface area contributed by atoms with Gasteiger partial charge in [-0.3, -0.25) is 0 Å². The standard InChI is InChI=1S/C16H18F2O2/c1-11(2)6-4-7-12(3)10-15(19)20-14-9-5-8-13(17)16(14)18/h5-6,8-10H,4,7H2,1-3H3/b12-10+. The maximum Gasteiger partial charge on any atom is 0.336 e. The second kappa shape index (κ2) is 7.58. The second-order valence-electron chi connectivity index (χ2n) is 4.78. The van der Waals surface area contributed by atoms with E-state index in [9.17, 15) is 13.6 Å². The Morgan fingerprint density at radius 1 is 1.25 bits per heavy atom. The number of hydrogen-bond donors (Lipinski definition) is 0. The van der Waals surface area contributed by atoms with Crippen molar-refractivity contribution in [2.24, 2.45) is 0 Å². The number of carbonyl (C=O) groups is 1. The van der Waals surface area contributed by atoms with Crippen LogP contribution in [0.5, 0.6) is 5.75 Å². The normalized spacial score (nSPS) is 11.2. The summed E-state index contributed by atoms with van der Waals surface area (Å²) in [4.78, 5) is 11.6. The molecular weight excluding hydrogens is 262 g/mol. The van der Waals surface area contributed by atoms with Crippen molar-refractivity contribution in [2.75, 3.05) is 0 Å². The average Bonchev–Trinajstić information content (AvgIpc) is 2.34. The molecule has 0 atom stereocenters. The van der Waals surface area contributed by atoms with Crippen LogP contribution in [0.2, 0.25) is 0 Å². The monoisotopic (exact) mass is 280 g/mol. The quantitative estimate of drug-likeness (QED) is 0.342. The lowest BCUT2D eigenvalue weighted by atomic mass is 10.1. The Kier molecular flexibility index (Phi) is 6.10. The van der Waals surface area contributed by atoms with Crippen LogP contribution in [0, 0.1) is 11.6 Å². The maximum absolute atomic E-state index is 13.3. The van der Waals surface area contributed by atoms with E-state index in [0.29, 0.717) is 6.42 Å². The topological polar surface area (TPSA) is 26.3 Å². The highest BCUT2D eigenvalue weighted by Gasteiger charge is 2.11. The fourth-order valence-electron chi connectivity index (χ4n) is 1.56. The first-order valence-electron chi connectivity index (χ1n) is 6.36. The molecular formula is C16H18F2O2. The predicted octanol–water partition coefficient (Wildman–Crippen LogP) is 4.56. The lowest BCUT2D eigenvalue weighted by Crippen LogP contribution is -2.07. The van der Waals surface area contributed by atoms with Gasteiger partial charge in [-0.15, -0.1) is 0 Å². The van der Waals surface area contributed by atoms with E-state index in [4.69, 9.17) is 4.74 Å². The van der Waals surface area contributed by atoms with Crippen LogP contribution in [0.25, 0.3) is 0 Å². The highest BCUT2D eigenvalue weighted by atomic mass is 19.2. The highest BCUT2D eigenvalue weighted by molar-refractivity contribution is 5.84.